The number of benzene rings is 1. The van der Waals surface area contributed by atoms with Crippen LogP contribution in [0, 0.1) is 0 Å². The summed E-state index contributed by atoms with van der Waals surface area (Å²) in [5.41, 5.74) is 2.27. The summed E-state index contributed by atoms with van der Waals surface area (Å²) in [6, 6.07) is 5.30. The van der Waals surface area contributed by atoms with Crippen molar-refractivity contribution >= 4 is 17.0 Å². The number of aromatic nitrogens is 2. The molecule has 2 aromatic rings. The minimum Gasteiger partial charge on any atom is -0.462 e. The molecule has 1 aromatic carbocycles. The van der Waals surface area contributed by atoms with E-state index in [1.807, 2.05) is 6.07 Å². The van der Waals surface area contributed by atoms with Gasteiger partial charge in [-0.1, -0.05) is 13.3 Å². The molecule has 0 saturated heterocycles. The fourth-order valence-electron chi connectivity index (χ4n) is 1.46. The molecule has 1 heterocycles. The molecule has 1 aromatic heterocycles. The number of nitrogens with one attached hydrogen (secondary N) is 1. The largest absolute Gasteiger partial charge is 0.462 e. The van der Waals surface area contributed by atoms with Crippen LogP contribution in [0.25, 0.3) is 11.0 Å². The summed E-state index contributed by atoms with van der Waals surface area (Å²) < 4.78 is 5.12. The number of H-pyrrole nitrogens is 1. The average Bonchev–Trinajstić information content (AvgIpc) is 2.76. The van der Waals surface area contributed by atoms with E-state index in [1.165, 1.54) is 0 Å². The second-order valence-electron chi connectivity index (χ2n) is 3.62. The van der Waals surface area contributed by atoms with Crippen LogP contribution in [-0.4, -0.2) is 22.5 Å². The average molecular weight is 218 g/mol. The number of hydrogen-bond donors (Lipinski definition) is 1. The first kappa shape index (κ1) is 10.7. The second kappa shape index (κ2) is 4.79. The predicted octanol–water partition coefficient (Wildman–Crippen LogP) is 2.52. The van der Waals surface area contributed by atoms with Crippen LogP contribution in [0.4, 0.5) is 0 Å². The van der Waals surface area contributed by atoms with Gasteiger partial charge in [-0.3, -0.25) is 0 Å². The van der Waals surface area contributed by atoms with Gasteiger partial charge in [-0.05, 0) is 24.6 Å². The van der Waals surface area contributed by atoms with Crippen molar-refractivity contribution in [2.24, 2.45) is 0 Å². The summed E-state index contributed by atoms with van der Waals surface area (Å²) in [4.78, 5) is 18.7. The molecule has 4 heteroatoms. The topological polar surface area (TPSA) is 55.0 Å². The van der Waals surface area contributed by atoms with Gasteiger partial charge in [-0.15, -0.1) is 0 Å². The van der Waals surface area contributed by atoms with Gasteiger partial charge in [0.05, 0.1) is 29.5 Å². The van der Waals surface area contributed by atoms with E-state index in [1.54, 1.807) is 18.5 Å². The van der Waals surface area contributed by atoms with Gasteiger partial charge in [0.2, 0.25) is 0 Å². The highest BCUT2D eigenvalue weighted by Gasteiger charge is 2.08. The van der Waals surface area contributed by atoms with Crippen molar-refractivity contribution in [1.29, 1.82) is 0 Å². The Labute approximate surface area is 93.6 Å². The van der Waals surface area contributed by atoms with Crippen LogP contribution in [-0.2, 0) is 4.74 Å². The Morgan fingerprint density at radius 2 is 2.38 bits per heavy atom. The first-order valence-corrected chi connectivity index (χ1v) is 5.41. The number of fused-ring (bicyclic) bond motifs is 1. The fourth-order valence-corrected chi connectivity index (χ4v) is 1.46. The van der Waals surface area contributed by atoms with Gasteiger partial charge in [0, 0.05) is 0 Å². The first-order chi connectivity index (χ1) is 7.81. The quantitative estimate of drug-likeness (QED) is 0.633. The third-order valence-electron chi connectivity index (χ3n) is 2.39. The maximum atomic E-state index is 11.6. The lowest BCUT2D eigenvalue weighted by molar-refractivity contribution is 0.0500. The number of ether oxygens (including phenoxy) is 1. The molecule has 0 amide bonds. The van der Waals surface area contributed by atoms with Crippen molar-refractivity contribution in [3.63, 3.8) is 0 Å². The van der Waals surface area contributed by atoms with Crippen molar-refractivity contribution in [3.05, 3.63) is 30.1 Å². The van der Waals surface area contributed by atoms with Gasteiger partial charge in [0.15, 0.2) is 0 Å². The number of hydrogen-bond acceptors (Lipinski definition) is 3. The van der Waals surface area contributed by atoms with Crippen LogP contribution in [0.5, 0.6) is 0 Å². The Hall–Kier alpha value is -1.84. The van der Waals surface area contributed by atoms with Gasteiger partial charge in [0.1, 0.15) is 0 Å². The molecule has 0 spiro atoms. The Kier molecular flexibility index (Phi) is 3.19. The van der Waals surface area contributed by atoms with Crippen LogP contribution in [0.2, 0.25) is 0 Å². The van der Waals surface area contributed by atoms with Crippen molar-refractivity contribution < 1.29 is 9.53 Å². The zero-order valence-corrected chi connectivity index (χ0v) is 9.19. The molecule has 0 atom stereocenters. The van der Waals surface area contributed by atoms with Crippen molar-refractivity contribution in [3.8, 4) is 0 Å². The van der Waals surface area contributed by atoms with Gasteiger partial charge in [0.25, 0.3) is 0 Å². The van der Waals surface area contributed by atoms with Crippen LogP contribution < -0.4 is 0 Å². The van der Waals surface area contributed by atoms with E-state index in [0.29, 0.717) is 12.2 Å². The summed E-state index contributed by atoms with van der Waals surface area (Å²) in [7, 11) is 0. The van der Waals surface area contributed by atoms with Gasteiger partial charge < -0.3 is 9.72 Å². The molecule has 0 unspecified atom stereocenters. The maximum absolute atomic E-state index is 11.6. The molecule has 1 N–H and O–H groups in total. The smallest absolute Gasteiger partial charge is 0.338 e. The number of carbonyl (C=O) groups excluding carboxylic acids is 1. The number of unbranched alkanes of at least 4 members (excludes halogenated alkanes) is 1. The minimum absolute atomic E-state index is 0.273. The van der Waals surface area contributed by atoms with Gasteiger partial charge in [-0.25, -0.2) is 9.78 Å². The van der Waals surface area contributed by atoms with Crippen molar-refractivity contribution in [2.45, 2.75) is 19.8 Å². The van der Waals surface area contributed by atoms with E-state index in [4.69, 9.17) is 4.74 Å². The van der Waals surface area contributed by atoms with Gasteiger partial charge >= 0.3 is 5.97 Å². The van der Waals surface area contributed by atoms with E-state index in [9.17, 15) is 4.79 Å². The molecule has 0 aliphatic carbocycles. The molecule has 16 heavy (non-hydrogen) atoms. The first-order valence-electron chi connectivity index (χ1n) is 5.41. The molecule has 4 nitrogen and oxygen atoms in total. The monoisotopic (exact) mass is 218 g/mol. The Bertz CT molecular complexity index is 490. The summed E-state index contributed by atoms with van der Waals surface area (Å²) in [6.45, 7) is 2.54. The Morgan fingerprint density at radius 1 is 1.50 bits per heavy atom. The fraction of sp³-hybridized carbons (Fsp3) is 0.333. The number of imidazole rings is 1. The SMILES string of the molecule is CCCCOC(=O)c1ccc2nc[nH]c2c1. The van der Waals surface area contributed by atoms with Crippen LogP contribution in [0.1, 0.15) is 30.1 Å². The Balaban J connectivity index is 2.10. The predicted molar refractivity (Wildman–Crippen MR) is 61.3 cm³/mol. The molecule has 0 fully saturated rings. The van der Waals surface area contributed by atoms with E-state index < -0.39 is 0 Å². The van der Waals surface area contributed by atoms with Gasteiger partial charge in [-0.2, -0.15) is 0 Å². The summed E-state index contributed by atoms with van der Waals surface area (Å²) >= 11 is 0. The van der Waals surface area contributed by atoms with Crippen LogP contribution in [0.15, 0.2) is 24.5 Å². The summed E-state index contributed by atoms with van der Waals surface area (Å²) in [6.07, 6.45) is 3.53. The van der Waals surface area contributed by atoms with Crippen molar-refractivity contribution in [2.75, 3.05) is 6.61 Å². The van der Waals surface area contributed by atoms with E-state index >= 15 is 0 Å². The molecular weight excluding hydrogens is 204 g/mol. The highest BCUT2D eigenvalue weighted by atomic mass is 16.5. The lowest BCUT2D eigenvalue weighted by atomic mass is 10.2. The zero-order valence-electron chi connectivity index (χ0n) is 9.19. The number of esters is 1. The Morgan fingerprint density at radius 3 is 3.19 bits per heavy atom. The molecule has 0 aliphatic rings. The third-order valence-corrected chi connectivity index (χ3v) is 2.39. The normalized spacial score (nSPS) is 10.6. The second-order valence-corrected chi connectivity index (χ2v) is 3.62. The van der Waals surface area contributed by atoms with Crippen LogP contribution in [0.3, 0.4) is 0 Å². The zero-order chi connectivity index (χ0) is 11.4. The molecule has 0 bridgehead atoms. The van der Waals surface area contributed by atoms with E-state index in [0.717, 1.165) is 23.9 Å². The number of rotatable bonds is 4. The standard InChI is InChI=1S/C12H14N2O2/c1-2-3-6-16-12(15)9-4-5-10-11(7-9)14-8-13-10/h4-5,7-8H,2-3,6H2,1H3,(H,13,14). The molecule has 2 rings (SSSR count). The third kappa shape index (κ3) is 2.21. The van der Waals surface area contributed by atoms with Crippen molar-refractivity contribution in [1.82, 2.24) is 9.97 Å². The molecule has 84 valence electrons. The molecule has 0 radical (unpaired) electrons. The number of nitrogens with zero attached hydrogens (tertiary/aromatic N) is 1. The van der Waals surface area contributed by atoms with E-state index in [-0.39, 0.29) is 5.97 Å². The van der Waals surface area contributed by atoms with Crippen LogP contribution >= 0.6 is 0 Å². The summed E-state index contributed by atoms with van der Waals surface area (Å²) in [5, 5.41) is 0. The minimum atomic E-state index is -0.273. The summed E-state index contributed by atoms with van der Waals surface area (Å²) in [5.74, 6) is -0.273. The number of carbonyl (C=O) groups is 1. The number of aromatic amines is 1. The highest BCUT2D eigenvalue weighted by molar-refractivity contribution is 5.93. The molecule has 0 aliphatic heterocycles. The maximum Gasteiger partial charge on any atom is 0.338 e. The molecule has 0 saturated carbocycles. The highest BCUT2D eigenvalue weighted by Crippen LogP contribution is 2.12. The molecular formula is C12H14N2O2. The van der Waals surface area contributed by atoms with E-state index in [2.05, 4.69) is 16.9 Å². The lowest BCUT2D eigenvalue weighted by Gasteiger charge is -2.03. The lowest BCUT2D eigenvalue weighted by Crippen LogP contribution is -2.06.